The highest BCUT2D eigenvalue weighted by Crippen LogP contribution is 2.27. The maximum atomic E-state index is 3.80. The summed E-state index contributed by atoms with van der Waals surface area (Å²) in [5.74, 6) is 1.93. The smallest absolute Gasteiger partial charge is 0.0107 e. The molecule has 0 aromatic rings. The van der Waals surface area contributed by atoms with Crippen molar-refractivity contribution >= 4 is 0 Å². The molecule has 0 spiro atoms. The first-order valence-corrected chi connectivity index (χ1v) is 8.79. The van der Waals surface area contributed by atoms with E-state index in [-0.39, 0.29) is 0 Å². The molecule has 1 N–H and O–H groups in total. The van der Waals surface area contributed by atoms with Gasteiger partial charge in [0.1, 0.15) is 0 Å². The summed E-state index contributed by atoms with van der Waals surface area (Å²) < 4.78 is 0. The quantitative estimate of drug-likeness (QED) is 0.789. The van der Waals surface area contributed by atoms with Crippen molar-refractivity contribution in [2.75, 3.05) is 26.2 Å². The van der Waals surface area contributed by atoms with Crippen molar-refractivity contribution in [1.29, 1.82) is 0 Å². The number of nitrogens with one attached hydrogen (secondary N) is 1. The van der Waals surface area contributed by atoms with Crippen LogP contribution in [0.15, 0.2) is 0 Å². The summed E-state index contributed by atoms with van der Waals surface area (Å²) in [5, 5.41) is 3.80. The molecule has 2 fully saturated rings. The zero-order chi connectivity index (χ0) is 13.5. The average Bonchev–Trinajstić information content (AvgIpc) is 2.47. The molecule has 2 nitrogen and oxygen atoms in total. The SMILES string of the molecule is CCCNC1CCCCC1CN1CCC(CC)CC1. The summed E-state index contributed by atoms with van der Waals surface area (Å²) in [4.78, 5) is 2.75. The number of rotatable bonds is 6. The molecule has 112 valence electrons. The van der Waals surface area contributed by atoms with Gasteiger partial charge in [0.25, 0.3) is 0 Å². The highest BCUT2D eigenvalue weighted by molar-refractivity contribution is 4.84. The molecule has 2 unspecified atom stereocenters. The first-order chi connectivity index (χ1) is 9.33. The topological polar surface area (TPSA) is 15.3 Å². The Balaban J connectivity index is 1.76. The van der Waals surface area contributed by atoms with Gasteiger partial charge in [-0.2, -0.15) is 0 Å². The van der Waals surface area contributed by atoms with Gasteiger partial charge >= 0.3 is 0 Å². The lowest BCUT2D eigenvalue weighted by molar-refractivity contribution is 0.127. The summed E-state index contributed by atoms with van der Waals surface area (Å²) in [5.41, 5.74) is 0. The van der Waals surface area contributed by atoms with Gasteiger partial charge in [0.05, 0.1) is 0 Å². The average molecular weight is 266 g/mol. The van der Waals surface area contributed by atoms with Crippen LogP contribution in [0.1, 0.15) is 65.2 Å². The molecule has 2 heteroatoms. The third-order valence-electron chi connectivity index (χ3n) is 5.34. The van der Waals surface area contributed by atoms with Gasteiger partial charge in [0.15, 0.2) is 0 Å². The second-order valence-electron chi connectivity index (χ2n) is 6.76. The van der Waals surface area contributed by atoms with Crippen molar-refractivity contribution in [3.05, 3.63) is 0 Å². The van der Waals surface area contributed by atoms with Crippen molar-refractivity contribution in [3.8, 4) is 0 Å². The second kappa shape index (κ2) is 8.26. The lowest BCUT2D eigenvalue weighted by atomic mass is 9.83. The van der Waals surface area contributed by atoms with Gasteiger partial charge in [0.2, 0.25) is 0 Å². The Morgan fingerprint density at radius 3 is 2.42 bits per heavy atom. The Morgan fingerprint density at radius 1 is 1.00 bits per heavy atom. The third kappa shape index (κ3) is 4.75. The highest BCUT2D eigenvalue weighted by atomic mass is 15.1. The van der Waals surface area contributed by atoms with Crippen LogP contribution in [0, 0.1) is 11.8 Å². The van der Waals surface area contributed by atoms with Crippen LogP contribution in [0.2, 0.25) is 0 Å². The molecule has 1 saturated carbocycles. The van der Waals surface area contributed by atoms with Crippen molar-refractivity contribution in [3.63, 3.8) is 0 Å². The van der Waals surface area contributed by atoms with Gasteiger partial charge in [0, 0.05) is 12.6 Å². The summed E-state index contributed by atoms with van der Waals surface area (Å²) in [6.45, 7) is 9.91. The molecular formula is C17H34N2. The standard InChI is InChI=1S/C17H34N2/c1-3-11-18-17-8-6-5-7-16(17)14-19-12-9-15(4-2)10-13-19/h15-18H,3-14H2,1-2H3. The fourth-order valence-corrected chi connectivity index (χ4v) is 3.93. The van der Waals surface area contributed by atoms with E-state index in [4.69, 9.17) is 0 Å². The van der Waals surface area contributed by atoms with Crippen LogP contribution < -0.4 is 5.32 Å². The molecule has 0 aromatic carbocycles. The predicted molar refractivity (Wildman–Crippen MR) is 83.5 cm³/mol. The van der Waals surface area contributed by atoms with Crippen LogP contribution >= 0.6 is 0 Å². The molecule has 1 aliphatic carbocycles. The summed E-state index contributed by atoms with van der Waals surface area (Å²) >= 11 is 0. The molecule has 2 rings (SSSR count). The summed E-state index contributed by atoms with van der Waals surface area (Å²) in [6, 6.07) is 0.803. The minimum atomic E-state index is 0.803. The number of likely N-dealkylation sites (tertiary alicyclic amines) is 1. The van der Waals surface area contributed by atoms with E-state index in [9.17, 15) is 0 Å². The maximum absolute atomic E-state index is 3.80. The zero-order valence-electron chi connectivity index (χ0n) is 13.2. The summed E-state index contributed by atoms with van der Waals surface area (Å²) in [6.07, 6.45) is 11.3. The molecule has 0 amide bonds. The molecule has 19 heavy (non-hydrogen) atoms. The van der Waals surface area contributed by atoms with E-state index in [1.54, 1.807) is 0 Å². The van der Waals surface area contributed by atoms with Crippen LogP contribution in [0.25, 0.3) is 0 Å². The Kier molecular flexibility index (Phi) is 6.66. The normalized spacial score (nSPS) is 30.6. The van der Waals surface area contributed by atoms with Crippen molar-refractivity contribution in [2.24, 2.45) is 11.8 Å². The van der Waals surface area contributed by atoms with Crippen molar-refractivity contribution < 1.29 is 0 Å². The minimum Gasteiger partial charge on any atom is -0.314 e. The van der Waals surface area contributed by atoms with Gasteiger partial charge in [-0.3, -0.25) is 0 Å². The van der Waals surface area contributed by atoms with E-state index in [1.165, 1.54) is 77.5 Å². The number of nitrogens with zero attached hydrogens (tertiary/aromatic N) is 1. The monoisotopic (exact) mass is 266 g/mol. The zero-order valence-corrected chi connectivity index (χ0v) is 13.2. The Morgan fingerprint density at radius 2 is 1.74 bits per heavy atom. The largest absolute Gasteiger partial charge is 0.314 e. The first kappa shape index (κ1) is 15.3. The predicted octanol–water partition coefficient (Wildman–Crippen LogP) is 3.67. The van der Waals surface area contributed by atoms with Crippen molar-refractivity contribution in [1.82, 2.24) is 10.2 Å². The van der Waals surface area contributed by atoms with Gasteiger partial charge in [-0.25, -0.2) is 0 Å². The fourth-order valence-electron chi connectivity index (χ4n) is 3.93. The van der Waals surface area contributed by atoms with Crippen LogP contribution in [0.5, 0.6) is 0 Å². The van der Waals surface area contributed by atoms with Crippen LogP contribution in [0.3, 0.4) is 0 Å². The number of hydrogen-bond donors (Lipinski definition) is 1. The van der Waals surface area contributed by atoms with Crippen LogP contribution in [-0.2, 0) is 0 Å². The number of piperidine rings is 1. The third-order valence-corrected chi connectivity index (χ3v) is 5.34. The maximum Gasteiger partial charge on any atom is 0.0107 e. The Bertz CT molecular complexity index is 233. The van der Waals surface area contributed by atoms with E-state index in [2.05, 4.69) is 24.1 Å². The molecule has 2 atom stereocenters. The van der Waals surface area contributed by atoms with Gasteiger partial charge in [-0.15, -0.1) is 0 Å². The highest BCUT2D eigenvalue weighted by Gasteiger charge is 2.27. The fraction of sp³-hybridized carbons (Fsp3) is 1.00. The van der Waals surface area contributed by atoms with E-state index in [1.807, 2.05) is 0 Å². The van der Waals surface area contributed by atoms with E-state index < -0.39 is 0 Å². The molecule has 1 saturated heterocycles. The molecule has 2 aliphatic rings. The number of hydrogen-bond acceptors (Lipinski definition) is 2. The van der Waals surface area contributed by atoms with Gasteiger partial charge in [-0.05, 0) is 63.6 Å². The molecular weight excluding hydrogens is 232 g/mol. The second-order valence-corrected chi connectivity index (χ2v) is 6.76. The van der Waals surface area contributed by atoms with Gasteiger partial charge in [-0.1, -0.05) is 33.1 Å². The molecule has 0 aromatic heterocycles. The molecule has 0 radical (unpaired) electrons. The minimum absolute atomic E-state index is 0.803. The molecule has 1 aliphatic heterocycles. The Hall–Kier alpha value is -0.0800. The van der Waals surface area contributed by atoms with E-state index in [0.29, 0.717) is 0 Å². The van der Waals surface area contributed by atoms with Gasteiger partial charge < -0.3 is 10.2 Å². The van der Waals surface area contributed by atoms with Crippen LogP contribution in [-0.4, -0.2) is 37.1 Å². The Labute approximate surface area is 120 Å². The van der Waals surface area contributed by atoms with E-state index in [0.717, 1.165) is 17.9 Å². The van der Waals surface area contributed by atoms with Crippen molar-refractivity contribution in [2.45, 2.75) is 71.3 Å². The lowest BCUT2D eigenvalue weighted by Crippen LogP contribution is -2.46. The van der Waals surface area contributed by atoms with Crippen LogP contribution in [0.4, 0.5) is 0 Å². The summed E-state index contributed by atoms with van der Waals surface area (Å²) in [7, 11) is 0. The first-order valence-electron chi connectivity index (χ1n) is 8.79. The lowest BCUT2D eigenvalue weighted by Gasteiger charge is -2.39. The van der Waals surface area contributed by atoms with E-state index >= 15 is 0 Å². The molecule has 0 bridgehead atoms. The molecule has 1 heterocycles.